The van der Waals surface area contributed by atoms with Crippen LogP contribution in [0.25, 0.3) is 11.0 Å². The van der Waals surface area contributed by atoms with E-state index in [0.29, 0.717) is 50.2 Å². The molecule has 1 N–H and O–H groups in total. The molecule has 3 aromatic rings. The van der Waals surface area contributed by atoms with Crippen molar-refractivity contribution in [2.75, 3.05) is 49.5 Å². The third kappa shape index (κ3) is 6.08. The van der Waals surface area contributed by atoms with E-state index in [1.165, 1.54) is 6.08 Å². The molecule has 1 aromatic carbocycles. The number of aromatic nitrogens is 3. The average Bonchev–Trinajstić information content (AvgIpc) is 2.93. The number of piperazine rings is 1. The molecule has 2 amide bonds. The largest absolute Gasteiger partial charge is 0.447 e. The summed E-state index contributed by atoms with van der Waals surface area (Å²) >= 11 is 0. The number of anilines is 3. The predicted molar refractivity (Wildman–Crippen MR) is 154 cm³/mol. The van der Waals surface area contributed by atoms with Gasteiger partial charge in [-0.3, -0.25) is 14.2 Å². The fraction of sp³-hybridized carbons (Fsp3) is 0.414. The van der Waals surface area contributed by atoms with Gasteiger partial charge in [0.1, 0.15) is 5.65 Å². The van der Waals surface area contributed by atoms with Crippen LogP contribution in [-0.2, 0) is 16.1 Å². The summed E-state index contributed by atoms with van der Waals surface area (Å²) in [6.07, 6.45) is 3.44. The van der Waals surface area contributed by atoms with Gasteiger partial charge in [-0.25, -0.2) is 9.78 Å². The summed E-state index contributed by atoms with van der Waals surface area (Å²) in [7, 11) is 0. The Bertz CT molecular complexity index is 1440. The van der Waals surface area contributed by atoms with Gasteiger partial charge in [0.25, 0.3) is 5.56 Å². The lowest BCUT2D eigenvalue weighted by Crippen LogP contribution is -2.49. The van der Waals surface area contributed by atoms with Gasteiger partial charge in [-0.1, -0.05) is 6.58 Å². The minimum atomic E-state index is -0.260. The number of hydrogen-bond donors (Lipinski definition) is 1. The van der Waals surface area contributed by atoms with Crippen molar-refractivity contribution in [3.05, 3.63) is 65.6 Å². The number of ether oxygens (including phenoxy) is 1. The molecule has 2 aliphatic rings. The van der Waals surface area contributed by atoms with E-state index in [1.54, 1.807) is 32.7 Å². The van der Waals surface area contributed by atoms with E-state index >= 15 is 0 Å². The summed E-state index contributed by atoms with van der Waals surface area (Å²) < 4.78 is 6.98. The van der Waals surface area contributed by atoms with E-state index in [-0.39, 0.29) is 23.7 Å². The van der Waals surface area contributed by atoms with Crippen LogP contribution in [0.2, 0.25) is 0 Å². The van der Waals surface area contributed by atoms with Crippen LogP contribution in [0.3, 0.4) is 0 Å². The van der Waals surface area contributed by atoms with E-state index in [1.807, 2.05) is 38.1 Å². The minimum Gasteiger partial charge on any atom is -0.447 e. The summed E-state index contributed by atoms with van der Waals surface area (Å²) in [5, 5.41) is 4.03. The van der Waals surface area contributed by atoms with Gasteiger partial charge in [0, 0.05) is 74.8 Å². The van der Waals surface area contributed by atoms with Crippen LogP contribution in [0.1, 0.15) is 20.3 Å². The highest BCUT2D eigenvalue weighted by molar-refractivity contribution is 5.87. The highest BCUT2D eigenvalue weighted by Gasteiger charge is 2.29. The Balaban J connectivity index is 1.21. The Hall–Kier alpha value is -4.41. The first-order valence-corrected chi connectivity index (χ1v) is 13.7. The Morgan fingerprint density at radius 2 is 1.80 bits per heavy atom. The number of amides is 2. The lowest BCUT2D eigenvalue weighted by Gasteiger charge is -2.38. The molecule has 11 heteroatoms. The van der Waals surface area contributed by atoms with Crippen LogP contribution in [0.5, 0.6) is 0 Å². The second kappa shape index (κ2) is 11.8. The maximum atomic E-state index is 12.7. The van der Waals surface area contributed by atoms with E-state index in [2.05, 4.69) is 26.8 Å². The van der Waals surface area contributed by atoms with Crippen molar-refractivity contribution in [3.63, 3.8) is 0 Å². The number of nitrogens with zero attached hydrogens (tertiary/aromatic N) is 6. The van der Waals surface area contributed by atoms with Crippen LogP contribution in [0.4, 0.5) is 22.1 Å². The molecule has 0 unspecified atom stereocenters. The van der Waals surface area contributed by atoms with Gasteiger partial charge < -0.3 is 24.8 Å². The Kier molecular flexibility index (Phi) is 7.99. The SMILES string of the molecule is C=CC(=O)N1CC(CCn2c(=O)ccc3cnc(Nc4ccc(N5CCN(C(=O)OC(C)C)CC5)cc4)nc32)C1. The van der Waals surface area contributed by atoms with Gasteiger partial charge in [0.05, 0.1) is 6.10 Å². The van der Waals surface area contributed by atoms with E-state index < -0.39 is 0 Å². The molecular weight excluding hydrogens is 510 g/mol. The van der Waals surface area contributed by atoms with Crippen molar-refractivity contribution in [1.29, 1.82) is 0 Å². The number of carbonyl (C=O) groups excluding carboxylic acids is 2. The number of carbonyl (C=O) groups is 2. The normalized spacial score (nSPS) is 15.7. The molecule has 4 heterocycles. The number of pyridine rings is 1. The van der Waals surface area contributed by atoms with Crippen molar-refractivity contribution >= 4 is 40.4 Å². The molecule has 0 bridgehead atoms. The van der Waals surface area contributed by atoms with Gasteiger partial charge in [0.15, 0.2) is 0 Å². The van der Waals surface area contributed by atoms with Crippen LogP contribution in [0, 0.1) is 5.92 Å². The Morgan fingerprint density at radius 1 is 1.07 bits per heavy atom. The fourth-order valence-corrected chi connectivity index (χ4v) is 5.03. The molecule has 40 heavy (non-hydrogen) atoms. The monoisotopic (exact) mass is 545 g/mol. The molecule has 2 saturated heterocycles. The number of rotatable bonds is 8. The van der Waals surface area contributed by atoms with Gasteiger partial charge in [-0.2, -0.15) is 4.98 Å². The van der Waals surface area contributed by atoms with Gasteiger partial charge >= 0.3 is 6.09 Å². The second-order valence-corrected chi connectivity index (χ2v) is 10.5. The third-order valence-corrected chi connectivity index (χ3v) is 7.29. The second-order valence-electron chi connectivity index (χ2n) is 10.5. The highest BCUT2D eigenvalue weighted by Crippen LogP contribution is 2.23. The molecule has 11 nitrogen and oxygen atoms in total. The van der Waals surface area contributed by atoms with Crippen LogP contribution in [0.15, 0.2) is 60.0 Å². The number of fused-ring (bicyclic) bond motifs is 1. The summed E-state index contributed by atoms with van der Waals surface area (Å²) in [5.41, 5.74) is 2.36. The van der Waals surface area contributed by atoms with E-state index in [9.17, 15) is 14.4 Å². The molecule has 2 aromatic heterocycles. The Labute approximate surface area is 233 Å². The van der Waals surface area contributed by atoms with Crippen molar-refractivity contribution in [1.82, 2.24) is 24.3 Å². The number of likely N-dealkylation sites (tertiary alicyclic amines) is 1. The Morgan fingerprint density at radius 3 is 2.48 bits per heavy atom. The lowest BCUT2D eigenvalue weighted by atomic mass is 9.96. The molecule has 0 spiro atoms. The third-order valence-electron chi connectivity index (χ3n) is 7.29. The summed E-state index contributed by atoms with van der Waals surface area (Å²) in [6, 6.07) is 11.3. The standard InChI is InChI=1S/C29H35N7O4/c1-4-25(37)35-18-21(19-35)11-12-36-26(38)10-5-22-17-30-28(32-27(22)36)31-23-6-8-24(9-7-23)33-13-15-34(16-14-33)29(39)40-20(2)3/h4-10,17,20-21H,1,11-16,18-19H2,2-3H3,(H,30,31,32). The molecule has 0 atom stereocenters. The van der Waals surface area contributed by atoms with Crippen LogP contribution < -0.4 is 15.8 Å². The van der Waals surface area contributed by atoms with Gasteiger partial charge in [-0.15, -0.1) is 0 Å². The van der Waals surface area contributed by atoms with Crippen LogP contribution in [-0.4, -0.2) is 81.7 Å². The minimum absolute atomic E-state index is 0.0543. The first kappa shape index (κ1) is 27.2. The summed E-state index contributed by atoms with van der Waals surface area (Å²) in [5.74, 6) is 0.699. The van der Waals surface area contributed by atoms with E-state index in [4.69, 9.17) is 4.74 Å². The molecule has 210 valence electrons. The molecule has 2 fully saturated rings. The highest BCUT2D eigenvalue weighted by atomic mass is 16.6. The summed E-state index contributed by atoms with van der Waals surface area (Å²) in [4.78, 5) is 51.4. The number of hydrogen-bond acceptors (Lipinski definition) is 8. The van der Waals surface area contributed by atoms with Crippen molar-refractivity contribution in [3.8, 4) is 0 Å². The maximum Gasteiger partial charge on any atom is 0.410 e. The van der Waals surface area contributed by atoms with Gasteiger partial charge in [0.2, 0.25) is 11.9 Å². The number of aryl methyl sites for hydroxylation is 1. The molecule has 0 aliphatic carbocycles. The molecule has 2 aliphatic heterocycles. The smallest absolute Gasteiger partial charge is 0.410 e. The van der Waals surface area contributed by atoms with Crippen molar-refractivity contribution in [2.45, 2.75) is 32.9 Å². The molecular formula is C29H35N7O4. The number of nitrogens with one attached hydrogen (secondary N) is 1. The average molecular weight is 546 g/mol. The van der Waals surface area contributed by atoms with Crippen molar-refractivity contribution < 1.29 is 14.3 Å². The quantitative estimate of drug-likeness (QED) is 0.430. The first-order chi connectivity index (χ1) is 19.3. The zero-order valence-electron chi connectivity index (χ0n) is 23.0. The van der Waals surface area contributed by atoms with Crippen LogP contribution >= 0.6 is 0 Å². The first-order valence-electron chi connectivity index (χ1n) is 13.7. The zero-order chi connectivity index (χ0) is 28.2. The number of benzene rings is 1. The molecule has 0 radical (unpaired) electrons. The topological polar surface area (TPSA) is 113 Å². The zero-order valence-corrected chi connectivity index (χ0v) is 23.0. The van der Waals surface area contributed by atoms with Gasteiger partial charge in [-0.05, 0) is 62.6 Å². The predicted octanol–water partition coefficient (Wildman–Crippen LogP) is 3.24. The summed E-state index contributed by atoms with van der Waals surface area (Å²) in [6.45, 7) is 11.8. The maximum absolute atomic E-state index is 12.7. The fourth-order valence-electron chi connectivity index (χ4n) is 5.03. The van der Waals surface area contributed by atoms with E-state index in [0.717, 1.165) is 36.3 Å². The molecule has 5 rings (SSSR count). The molecule has 0 saturated carbocycles. The van der Waals surface area contributed by atoms with Crippen molar-refractivity contribution in [2.24, 2.45) is 5.92 Å². The lowest BCUT2D eigenvalue weighted by molar-refractivity contribution is -0.132.